The summed E-state index contributed by atoms with van der Waals surface area (Å²) in [5, 5.41) is 3.91. The summed E-state index contributed by atoms with van der Waals surface area (Å²) < 4.78 is 20.0. The van der Waals surface area contributed by atoms with Crippen LogP contribution in [0.4, 0.5) is 4.39 Å². The van der Waals surface area contributed by atoms with Crippen LogP contribution in [-0.4, -0.2) is 29.1 Å². The molecule has 2 aromatic rings. The minimum absolute atomic E-state index is 0.00394. The number of ether oxygens (including phenoxy) is 1. The minimum atomic E-state index is -0.282. The fraction of sp³-hybridized carbons (Fsp3) is 0.550. The number of para-hydroxylation sites is 1. The highest BCUT2D eigenvalue weighted by Gasteiger charge is 2.41. The van der Waals surface area contributed by atoms with Crippen molar-refractivity contribution in [2.45, 2.75) is 63.5 Å². The standard InChI is InChI=1S/C20H25FN2O2/c1-13-16(15-6-5-7-17(21)19(15)22-13)10-18(24)23-14-11-20(25-12-14)8-3-2-4-9-20/h5-7,14,22H,2-4,8-12H2,1H3,(H,23,24). The normalized spacial score (nSPS) is 22.6. The van der Waals surface area contributed by atoms with E-state index in [1.807, 2.05) is 13.0 Å². The van der Waals surface area contributed by atoms with Gasteiger partial charge in [0.1, 0.15) is 5.82 Å². The van der Waals surface area contributed by atoms with Crippen molar-refractivity contribution in [1.29, 1.82) is 0 Å². The zero-order chi connectivity index (χ0) is 17.4. The van der Waals surface area contributed by atoms with Crippen molar-refractivity contribution in [2.24, 2.45) is 0 Å². The number of benzene rings is 1. The molecule has 1 saturated heterocycles. The van der Waals surface area contributed by atoms with E-state index in [-0.39, 0.29) is 29.8 Å². The summed E-state index contributed by atoms with van der Waals surface area (Å²) in [6.07, 6.45) is 7.14. The fourth-order valence-corrected chi connectivity index (χ4v) is 4.52. The number of hydrogen-bond acceptors (Lipinski definition) is 2. The van der Waals surface area contributed by atoms with Crippen molar-refractivity contribution >= 4 is 16.8 Å². The van der Waals surface area contributed by atoms with E-state index in [9.17, 15) is 9.18 Å². The van der Waals surface area contributed by atoms with Gasteiger partial charge in [0.15, 0.2) is 0 Å². The first kappa shape index (κ1) is 16.6. The van der Waals surface area contributed by atoms with Gasteiger partial charge in [-0.3, -0.25) is 4.79 Å². The lowest BCUT2D eigenvalue weighted by atomic mass is 9.82. The number of nitrogens with one attached hydrogen (secondary N) is 2. The van der Waals surface area contributed by atoms with E-state index in [0.717, 1.165) is 35.9 Å². The van der Waals surface area contributed by atoms with Gasteiger partial charge in [0.2, 0.25) is 5.91 Å². The van der Waals surface area contributed by atoms with Crippen LogP contribution in [0.5, 0.6) is 0 Å². The predicted octanol–water partition coefficient (Wildman–Crippen LogP) is 3.77. The fourth-order valence-electron chi connectivity index (χ4n) is 4.52. The van der Waals surface area contributed by atoms with E-state index in [1.54, 1.807) is 6.07 Å². The number of halogens is 1. The number of aryl methyl sites for hydroxylation is 1. The van der Waals surface area contributed by atoms with Crippen molar-refractivity contribution in [2.75, 3.05) is 6.61 Å². The first-order valence-corrected chi connectivity index (χ1v) is 9.25. The molecule has 2 aliphatic rings. The molecule has 1 aliphatic heterocycles. The maximum Gasteiger partial charge on any atom is 0.224 e. The highest BCUT2D eigenvalue weighted by molar-refractivity contribution is 5.90. The number of carbonyl (C=O) groups excluding carboxylic acids is 1. The molecule has 1 spiro atoms. The van der Waals surface area contributed by atoms with E-state index in [4.69, 9.17) is 4.74 Å². The lowest BCUT2D eigenvalue weighted by molar-refractivity contribution is -0.121. The molecule has 1 amide bonds. The van der Waals surface area contributed by atoms with Gasteiger partial charge in [-0.15, -0.1) is 0 Å². The van der Waals surface area contributed by atoms with Crippen molar-refractivity contribution in [3.8, 4) is 0 Å². The summed E-state index contributed by atoms with van der Waals surface area (Å²) in [7, 11) is 0. The molecular formula is C20H25FN2O2. The zero-order valence-electron chi connectivity index (χ0n) is 14.7. The average Bonchev–Trinajstić information content (AvgIpc) is 3.11. The van der Waals surface area contributed by atoms with Crippen LogP contribution >= 0.6 is 0 Å². The van der Waals surface area contributed by atoms with Crippen LogP contribution in [-0.2, 0) is 16.0 Å². The van der Waals surface area contributed by atoms with Crippen LogP contribution < -0.4 is 5.32 Å². The molecule has 1 aliphatic carbocycles. The first-order chi connectivity index (χ1) is 12.1. The Labute approximate surface area is 147 Å². The van der Waals surface area contributed by atoms with Crippen molar-refractivity contribution in [3.05, 3.63) is 35.3 Å². The second kappa shape index (κ2) is 6.45. The Hall–Kier alpha value is -1.88. The number of aromatic amines is 1. The number of carbonyl (C=O) groups is 1. The molecule has 2 N–H and O–H groups in total. The average molecular weight is 344 g/mol. The molecule has 4 rings (SSSR count). The Morgan fingerprint density at radius 1 is 1.36 bits per heavy atom. The van der Waals surface area contributed by atoms with Gasteiger partial charge < -0.3 is 15.0 Å². The van der Waals surface area contributed by atoms with E-state index >= 15 is 0 Å². The van der Waals surface area contributed by atoms with Gasteiger partial charge in [-0.25, -0.2) is 4.39 Å². The van der Waals surface area contributed by atoms with E-state index in [1.165, 1.54) is 25.3 Å². The maximum atomic E-state index is 13.9. The van der Waals surface area contributed by atoms with Crippen LogP contribution in [0.1, 0.15) is 49.8 Å². The van der Waals surface area contributed by atoms with Crippen LogP contribution in [0.2, 0.25) is 0 Å². The lowest BCUT2D eigenvalue weighted by Gasteiger charge is -2.32. The number of aromatic nitrogens is 1. The maximum absolute atomic E-state index is 13.9. The highest BCUT2D eigenvalue weighted by atomic mass is 19.1. The predicted molar refractivity (Wildman–Crippen MR) is 95.0 cm³/mol. The number of H-pyrrole nitrogens is 1. The second-order valence-electron chi connectivity index (χ2n) is 7.59. The summed E-state index contributed by atoms with van der Waals surface area (Å²) in [6.45, 7) is 2.49. The van der Waals surface area contributed by atoms with Gasteiger partial charge >= 0.3 is 0 Å². The number of rotatable bonds is 3. The first-order valence-electron chi connectivity index (χ1n) is 9.25. The third-order valence-corrected chi connectivity index (χ3v) is 5.78. The molecular weight excluding hydrogens is 319 g/mol. The van der Waals surface area contributed by atoms with Crippen LogP contribution in [0.15, 0.2) is 18.2 Å². The summed E-state index contributed by atoms with van der Waals surface area (Å²) in [4.78, 5) is 15.6. The lowest BCUT2D eigenvalue weighted by Crippen LogP contribution is -2.38. The Morgan fingerprint density at radius 3 is 2.96 bits per heavy atom. The topological polar surface area (TPSA) is 54.1 Å². The van der Waals surface area contributed by atoms with E-state index in [0.29, 0.717) is 12.1 Å². The molecule has 1 unspecified atom stereocenters. The quantitative estimate of drug-likeness (QED) is 0.891. The third kappa shape index (κ3) is 3.17. The molecule has 5 heteroatoms. The molecule has 2 fully saturated rings. The molecule has 134 valence electrons. The molecule has 1 atom stereocenters. The molecule has 1 aromatic carbocycles. The van der Waals surface area contributed by atoms with Crippen LogP contribution in [0.25, 0.3) is 10.9 Å². The zero-order valence-corrected chi connectivity index (χ0v) is 14.7. The van der Waals surface area contributed by atoms with Gasteiger partial charge in [0.05, 0.1) is 30.2 Å². The SMILES string of the molecule is Cc1[nH]c2c(F)cccc2c1CC(=O)NC1COC2(CCCCC2)C1. The van der Waals surface area contributed by atoms with Crippen molar-refractivity contribution < 1.29 is 13.9 Å². The summed E-state index contributed by atoms with van der Waals surface area (Å²) in [5.74, 6) is -0.301. The largest absolute Gasteiger partial charge is 0.373 e. The molecule has 1 saturated carbocycles. The van der Waals surface area contributed by atoms with Crippen molar-refractivity contribution in [3.63, 3.8) is 0 Å². The highest BCUT2D eigenvalue weighted by Crippen LogP contribution is 2.39. The molecule has 0 radical (unpaired) electrons. The van der Waals surface area contributed by atoms with Gasteiger partial charge in [-0.05, 0) is 37.8 Å². The summed E-state index contributed by atoms with van der Waals surface area (Å²) in [6, 6.07) is 5.07. The Kier molecular flexibility index (Phi) is 4.28. The molecule has 0 bridgehead atoms. The summed E-state index contributed by atoms with van der Waals surface area (Å²) in [5.41, 5.74) is 2.20. The summed E-state index contributed by atoms with van der Waals surface area (Å²) >= 11 is 0. The molecule has 4 nitrogen and oxygen atoms in total. The van der Waals surface area contributed by atoms with Crippen LogP contribution in [0.3, 0.4) is 0 Å². The smallest absolute Gasteiger partial charge is 0.224 e. The van der Waals surface area contributed by atoms with Gasteiger partial charge in [0.25, 0.3) is 0 Å². The van der Waals surface area contributed by atoms with Gasteiger partial charge in [-0.2, -0.15) is 0 Å². The minimum Gasteiger partial charge on any atom is -0.373 e. The number of hydrogen-bond donors (Lipinski definition) is 2. The van der Waals surface area contributed by atoms with E-state index < -0.39 is 0 Å². The molecule has 25 heavy (non-hydrogen) atoms. The number of fused-ring (bicyclic) bond motifs is 1. The Morgan fingerprint density at radius 2 is 2.16 bits per heavy atom. The Balaban J connectivity index is 1.43. The Bertz CT molecular complexity index is 792. The monoisotopic (exact) mass is 344 g/mol. The van der Waals surface area contributed by atoms with Crippen molar-refractivity contribution in [1.82, 2.24) is 10.3 Å². The number of amides is 1. The molecule has 1 aromatic heterocycles. The van der Waals surface area contributed by atoms with E-state index in [2.05, 4.69) is 10.3 Å². The van der Waals surface area contributed by atoms with Crippen LogP contribution in [0, 0.1) is 12.7 Å². The third-order valence-electron chi connectivity index (χ3n) is 5.78. The van der Waals surface area contributed by atoms with Gasteiger partial charge in [-0.1, -0.05) is 31.4 Å². The van der Waals surface area contributed by atoms with Gasteiger partial charge in [0, 0.05) is 11.1 Å². The molecule has 2 heterocycles. The second-order valence-corrected chi connectivity index (χ2v) is 7.59.